The van der Waals surface area contributed by atoms with E-state index in [1.165, 1.54) is 39.0 Å². The SMILES string of the molecule is CCCCCc1c(O[C@H]2O[C@@H](C)[C@@H](O)[C@@H](O)[C@H]2O)c(C)c(O)c2c1C(=O)c1cc(OC(C)=O)ccc1C2=O. The number of phenols is 1. The zero-order valence-corrected chi connectivity index (χ0v) is 21.7. The molecule has 0 unspecified atom stereocenters. The van der Waals surface area contributed by atoms with Crippen molar-refractivity contribution in [2.45, 2.75) is 84.1 Å². The zero-order chi connectivity index (χ0) is 27.9. The first-order chi connectivity index (χ1) is 18.0. The van der Waals surface area contributed by atoms with E-state index in [9.17, 15) is 34.8 Å². The summed E-state index contributed by atoms with van der Waals surface area (Å²) in [5, 5.41) is 42.0. The maximum absolute atomic E-state index is 13.9. The van der Waals surface area contributed by atoms with Crippen LogP contribution < -0.4 is 9.47 Å². The fourth-order valence-corrected chi connectivity index (χ4v) is 4.96. The number of ketones is 2. The average molecular weight is 529 g/mol. The van der Waals surface area contributed by atoms with Crippen LogP contribution in [-0.4, -0.2) is 68.7 Å². The lowest BCUT2D eigenvalue weighted by Gasteiger charge is -2.39. The molecule has 0 radical (unpaired) electrons. The maximum Gasteiger partial charge on any atom is 0.308 e. The molecule has 10 heteroatoms. The molecule has 38 heavy (non-hydrogen) atoms. The number of rotatable bonds is 7. The van der Waals surface area contributed by atoms with Crippen molar-refractivity contribution in [3.8, 4) is 17.2 Å². The maximum atomic E-state index is 13.9. The molecule has 0 aromatic heterocycles. The number of carbonyl (C=O) groups is 3. The molecule has 4 rings (SSSR count). The van der Waals surface area contributed by atoms with E-state index in [0.29, 0.717) is 18.4 Å². The molecule has 4 N–H and O–H groups in total. The number of fused-ring (bicyclic) bond motifs is 2. The van der Waals surface area contributed by atoms with Crippen molar-refractivity contribution < 1.29 is 49.0 Å². The van der Waals surface area contributed by atoms with E-state index in [4.69, 9.17) is 14.2 Å². The average Bonchev–Trinajstić information content (AvgIpc) is 2.87. The monoisotopic (exact) mass is 528 g/mol. The summed E-state index contributed by atoms with van der Waals surface area (Å²) in [5.74, 6) is -1.99. The van der Waals surface area contributed by atoms with Crippen molar-refractivity contribution in [1.82, 2.24) is 0 Å². The molecular formula is C28H32O10. The lowest BCUT2D eigenvalue weighted by Crippen LogP contribution is -2.58. The third-order valence-electron chi connectivity index (χ3n) is 7.03. The molecule has 1 aliphatic carbocycles. The van der Waals surface area contributed by atoms with Gasteiger partial charge in [0.05, 0.1) is 11.7 Å². The van der Waals surface area contributed by atoms with Gasteiger partial charge in [-0.15, -0.1) is 0 Å². The van der Waals surface area contributed by atoms with Crippen molar-refractivity contribution in [1.29, 1.82) is 0 Å². The lowest BCUT2D eigenvalue weighted by molar-refractivity contribution is -0.268. The fourth-order valence-electron chi connectivity index (χ4n) is 4.96. The van der Waals surface area contributed by atoms with Crippen LogP contribution in [0.25, 0.3) is 0 Å². The van der Waals surface area contributed by atoms with Gasteiger partial charge in [0.15, 0.2) is 11.6 Å². The van der Waals surface area contributed by atoms with Crippen molar-refractivity contribution in [2.24, 2.45) is 0 Å². The summed E-state index contributed by atoms with van der Waals surface area (Å²) in [6, 6.07) is 4.11. The van der Waals surface area contributed by atoms with Crippen LogP contribution in [0.3, 0.4) is 0 Å². The zero-order valence-electron chi connectivity index (χ0n) is 21.7. The molecule has 1 saturated heterocycles. The summed E-state index contributed by atoms with van der Waals surface area (Å²) in [6.45, 7) is 6.26. The number of carbonyl (C=O) groups excluding carboxylic acids is 3. The quantitative estimate of drug-likeness (QED) is 0.204. The molecular weight excluding hydrogens is 496 g/mol. The third kappa shape index (κ3) is 4.80. The van der Waals surface area contributed by atoms with Gasteiger partial charge < -0.3 is 34.6 Å². The van der Waals surface area contributed by atoms with Crippen LogP contribution in [0.5, 0.6) is 17.2 Å². The molecule has 1 aliphatic heterocycles. The molecule has 5 atom stereocenters. The molecule has 2 aromatic rings. The largest absolute Gasteiger partial charge is 0.507 e. The van der Waals surface area contributed by atoms with Gasteiger partial charge in [-0.25, -0.2) is 0 Å². The lowest BCUT2D eigenvalue weighted by atomic mass is 9.78. The number of phenolic OH excluding ortho intramolecular Hbond substituents is 1. The molecule has 0 bridgehead atoms. The Morgan fingerprint density at radius 2 is 1.68 bits per heavy atom. The Bertz CT molecular complexity index is 1280. The number of ether oxygens (including phenoxy) is 3. The Labute approximate surface area is 219 Å². The molecule has 2 aromatic carbocycles. The third-order valence-corrected chi connectivity index (χ3v) is 7.03. The minimum Gasteiger partial charge on any atom is -0.507 e. The van der Waals surface area contributed by atoms with Gasteiger partial charge in [0, 0.05) is 34.7 Å². The second kappa shape index (κ2) is 10.8. The predicted molar refractivity (Wildman–Crippen MR) is 134 cm³/mol. The second-order valence-corrected chi connectivity index (χ2v) is 9.75. The van der Waals surface area contributed by atoms with Gasteiger partial charge in [0.25, 0.3) is 0 Å². The highest BCUT2D eigenvalue weighted by Gasteiger charge is 2.44. The molecule has 2 aliphatic rings. The highest BCUT2D eigenvalue weighted by atomic mass is 16.7. The number of unbranched alkanes of at least 4 members (excludes halogenated alkanes) is 2. The Hall–Kier alpha value is -3.31. The number of aliphatic hydroxyl groups excluding tert-OH is 3. The van der Waals surface area contributed by atoms with Crippen LogP contribution in [0.2, 0.25) is 0 Å². The van der Waals surface area contributed by atoms with E-state index in [0.717, 1.165) is 12.8 Å². The van der Waals surface area contributed by atoms with E-state index in [2.05, 4.69) is 0 Å². The van der Waals surface area contributed by atoms with Crippen LogP contribution in [0.4, 0.5) is 0 Å². The predicted octanol–water partition coefficient (Wildman–Crippen LogP) is 2.34. The van der Waals surface area contributed by atoms with E-state index < -0.39 is 54.0 Å². The van der Waals surface area contributed by atoms with Crippen LogP contribution in [0.15, 0.2) is 18.2 Å². The number of hydrogen-bond donors (Lipinski definition) is 4. The summed E-state index contributed by atoms with van der Waals surface area (Å²) in [7, 11) is 0. The summed E-state index contributed by atoms with van der Waals surface area (Å²) in [5.41, 5.74) is 0.436. The first-order valence-electron chi connectivity index (χ1n) is 12.6. The number of aromatic hydroxyl groups is 1. The number of aliphatic hydroxyl groups is 3. The Kier molecular flexibility index (Phi) is 7.89. The van der Waals surface area contributed by atoms with Gasteiger partial charge in [-0.3, -0.25) is 14.4 Å². The number of esters is 1. The molecule has 204 valence electrons. The standard InChI is InChI=1S/C28H32O10/c1-5-6-7-8-17-19-20(23(32)16-10-9-15(37-14(4)29)11-18(16)24(19)33)21(30)12(2)27(17)38-28-26(35)25(34)22(31)13(3)36-28/h9-11,13,22,25-26,28,30-31,34-35H,5-8H2,1-4H3/t13-,22+,25+,26+,28+/m0/s1. The summed E-state index contributed by atoms with van der Waals surface area (Å²) in [4.78, 5) is 38.8. The first kappa shape index (κ1) is 27.7. The summed E-state index contributed by atoms with van der Waals surface area (Å²) < 4.78 is 16.7. The van der Waals surface area contributed by atoms with Gasteiger partial charge in [-0.1, -0.05) is 19.8 Å². The summed E-state index contributed by atoms with van der Waals surface area (Å²) >= 11 is 0. The molecule has 0 spiro atoms. The smallest absolute Gasteiger partial charge is 0.308 e. The minimum absolute atomic E-state index is 0.0216. The van der Waals surface area contributed by atoms with E-state index in [1.807, 2.05) is 6.92 Å². The Morgan fingerprint density at radius 1 is 1.00 bits per heavy atom. The van der Waals surface area contributed by atoms with Gasteiger partial charge in [-0.2, -0.15) is 0 Å². The van der Waals surface area contributed by atoms with E-state index >= 15 is 0 Å². The number of hydrogen-bond acceptors (Lipinski definition) is 10. The Balaban J connectivity index is 1.87. The van der Waals surface area contributed by atoms with Crippen molar-refractivity contribution >= 4 is 17.5 Å². The van der Waals surface area contributed by atoms with Gasteiger partial charge in [0.2, 0.25) is 6.29 Å². The number of benzene rings is 2. The minimum atomic E-state index is -1.62. The highest BCUT2D eigenvalue weighted by molar-refractivity contribution is 6.30. The van der Waals surface area contributed by atoms with Crippen LogP contribution >= 0.6 is 0 Å². The van der Waals surface area contributed by atoms with Gasteiger partial charge in [-0.05, 0) is 44.9 Å². The van der Waals surface area contributed by atoms with Crippen molar-refractivity contribution in [3.05, 3.63) is 51.6 Å². The van der Waals surface area contributed by atoms with Crippen LogP contribution in [0.1, 0.15) is 83.0 Å². The topological polar surface area (TPSA) is 160 Å². The highest BCUT2D eigenvalue weighted by Crippen LogP contribution is 2.45. The molecule has 0 amide bonds. The van der Waals surface area contributed by atoms with Crippen molar-refractivity contribution in [2.75, 3.05) is 0 Å². The van der Waals surface area contributed by atoms with Crippen LogP contribution in [0, 0.1) is 6.92 Å². The van der Waals surface area contributed by atoms with Crippen LogP contribution in [-0.2, 0) is 16.0 Å². The Morgan fingerprint density at radius 3 is 2.34 bits per heavy atom. The molecule has 10 nitrogen and oxygen atoms in total. The van der Waals surface area contributed by atoms with E-state index in [1.54, 1.807) is 0 Å². The van der Waals surface area contributed by atoms with Crippen molar-refractivity contribution in [3.63, 3.8) is 0 Å². The van der Waals surface area contributed by atoms with Gasteiger partial charge >= 0.3 is 5.97 Å². The molecule has 0 saturated carbocycles. The first-order valence-corrected chi connectivity index (χ1v) is 12.6. The molecule has 1 heterocycles. The fraction of sp³-hybridized carbons (Fsp3) is 0.464. The molecule has 1 fully saturated rings. The van der Waals surface area contributed by atoms with Gasteiger partial charge in [0.1, 0.15) is 35.6 Å². The summed E-state index contributed by atoms with van der Waals surface area (Å²) in [6.07, 6.45) is -4.15. The van der Waals surface area contributed by atoms with E-state index in [-0.39, 0.29) is 39.3 Å². The second-order valence-electron chi connectivity index (χ2n) is 9.75. The normalized spacial score (nSPS) is 24.6.